The lowest BCUT2D eigenvalue weighted by molar-refractivity contribution is -0.386. The molecule has 0 unspecified atom stereocenters. The Bertz CT molecular complexity index is 1100. The number of rotatable bonds is 5. The summed E-state index contributed by atoms with van der Waals surface area (Å²) in [6.45, 7) is 10.6. The number of nitrogens with zero attached hydrogens (tertiary/aromatic N) is 4. The summed E-state index contributed by atoms with van der Waals surface area (Å²) in [7, 11) is 1.35. The van der Waals surface area contributed by atoms with Gasteiger partial charge in [-0.25, -0.2) is 0 Å². The molecule has 2 aromatic carbocycles. The van der Waals surface area contributed by atoms with E-state index in [9.17, 15) is 25.3 Å². The van der Waals surface area contributed by atoms with E-state index in [4.69, 9.17) is 15.3 Å². The number of phenolic OH excluding ortho intramolecular Hbond substituents is 1. The molecule has 0 fully saturated rings. The number of methoxy groups -OCH3 is 1. The lowest BCUT2D eigenvalue weighted by Gasteiger charge is -2.08. The van der Waals surface area contributed by atoms with Gasteiger partial charge in [0.05, 0.1) is 40.2 Å². The van der Waals surface area contributed by atoms with Crippen LogP contribution in [0.1, 0.15) is 36.1 Å². The molecule has 2 rings (SSSR count). The molecule has 0 bridgehead atoms. The van der Waals surface area contributed by atoms with Crippen LogP contribution in [-0.4, -0.2) is 22.1 Å². The third-order valence-electron chi connectivity index (χ3n) is 3.93. The number of phenols is 1. The van der Waals surface area contributed by atoms with Crippen LogP contribution in [0.3, 0.4) is 0 Å². The van der Waals surface area contributed by atoms with Crippen molar-refractivity contribution < 1.29 is 19.7 Å². The number of benzene rings is 2. The van der Waals surface area contributed by atoms with Gasteiger partial charge in [0, 0.05) is 23.3 Å². The third-order valence-corrected chi connectivity index (χ3v) is 3.93. The molecule has 0 heterocycles. The summed E-state index contributed by atoms with van der Waals surface area (Å²) in [5.74, 6) is -0.317. The summed E-state index contributed by atoms with van der Waals surface area (Å²) in [5, 5.41) is 48.3. The predicted octanol–water partition coefficient (Wildman–Crippen LogP) is 4.71. The van der Waals surface area contributed by atoms with Crippen LogP contribution in [0.5, 0.6) is 11.5 Å². The van der Waals surface area contributed by atoms with Crippen molar-refractivity contribution in [3.8, 4) is 23.6 Å². The highest BCUT2D eigenvalue weighted by Gasteiger charge is 2.21. The topological polar surface area (TPSA) is 163 Å². The van der Waals surface area contributed by atoms with Gasteiger partial charge in [-0.2, -0.15) is 10.5 Å². The van der Waals surface area contributed by atoms with Crippen LogP contribution in [0, 0.1) is 42.9 Å². The molecule has 10 nitrogen and oxygen atoms in total. The van der Waals surface area contributed by atoms with Gasteiger partial charge in [-0.05, 0) is 37.1 Å². The van der Waals surface area contributed by atoms with Gasteiger partial charge < -0.3 is 9.84 Å². The lowest BCUT2D eigenvalue weighted by atomic mass is 10.0. The molecule has 0 saturated heterocycles. The third kappa shape index (κ3) is 5.65. The number of nitriles is 2. The molecule has 158 valence electrons. The van der Waals surface area contributed by atoms with E-state index < -0.39 is 21.3 Å². The summed E-state index contributed by atoms with van der Waals surface area (Å²) in [4.78, 5) is 20.1. The molecule has 0 aliphatic heterocycles. The minimum absolute atomic E-state index is 0.123. The molecule has 0 aliphatic rings. The van der Waals surface area contributed by atoms with E-state index in [1.54, 1.807) is 19.9 Å². The first-order chi connectivity index (χ1) is 14.5. The van der Waals surface area contributed by atoms with E-state index in [0.717, 1.165) is 6.07 Å². The summed E-state index contributed by atoms with van der Waals surface area (Å²) >= 11 is 0. The first kappa shape index (κ1) is 24.3. The monoisotopic (exact) mass is 422 g/mol. The standard InChI is InChI=1S/C11H10N2O3.C10H8N2O3/c1-7(2)9-4-8(6-12)5-10(13(14)15)11(9)16-3;1-6(2)8-3-7(5-11)4-9(10(8)13)12(14)15/h4-5H,1H2,2-3H3;3-4,13H,1H2,2H3. The Morgan fingerprint density at radius 3 is 1.71 bits per heavy atom. The lowest BCUT2D eigenvalue weighted by Crippen LogP contribution is -1.98. The summed E-state index contributed by atoms with van der Waals surface area (Å²) in [5.41, 5.74) is 1.41. The molecule has 1 N–H and O–H groups in total. The van der Waals surface area contributed by atoms with Gasteiger partial charge in [0.1, 0.15) is 0 Å². The van der Waals surface area contributed by atoms with Crippen molar-refractivity contribution in [3.63, 3.8) is 0 Å². The average Bonchev–Trinajstić information content (AvgIpc) is 2.72. The number of allylic oxidation sites excluding steroid dienone is 2. The Hall–Kier alpha value is -4.70. The average molecular weight is 422 g/mol. The maximum atomic E-state index is 10.8. The van der Waals surface area contributed by atoms with Crippen molar-refractivity contribution in [3.05, 3.63) is 79.9 Å². The van der Waals surface area contributed by atoms with Crippen LogP contribution < -0.4 is 4.74 Å². The van der Waals surface area contributed by atoms with Crippen molar-refractivity contribution in [2.45, 2.75) is 13.8 Å². The van der Waals surface area contributed by atoms with E-state index in [1.165, 1.54) is 25.3 Å². The largest absolute Gasteiger partial charge is 0.502 e. The van der Waals surface area contributed by atoms with Crippen molar-refractivity contribution in [1.29, 1.82) is 10.5 Å². The fourth-order valence-electron chi connectivity index (χ4n) is 2.49. The zero-order chi connectivity index (χ0) is 23.9. The number of hydrogen-bond donors (Lipinski definition) is 1. The van der Waals surface area contributed by atoms with Crippen molar-refractivity contribution in [2.24, 2.45) is 0 Å². The second-order valence-corrected chi connectivity index (χ2v) is 6.27. The van der Waals surface area contributed by atoms with Crippen molar-refractivity contribution in [2.75, 3.05) is 7.11 Å². The number of nitro groups is 2. The molecule has 0 aliphatic carbocycles. The molecule has 0 atom stereocenters. The van der Waals surface area contributed by atoms with Gasteiger partial charge in [-0.15, -0.1) is 0 Å². The van der Waals surface area contributed by atoms with E-state index in [1.807, 2.05) is 6.07 Å². The smallest absolute Gasteiger partial charge is 0.312 e. The van der Waals surface area contributed by atoms with Gasteiger partial charge in [-0.1, -0.05) is 13.2 Å². The van der Waals surface area contributed by atoms with E-state index >= 15 is 0 Å². The van der Waals surface area contributed by atoms with Gasteiger partial charge >= 0.3 is 11.4 Å². The highest BCUT2D eigenvalue weighted by molar-refractivity contribution is 5.74. The SMILES string of the molecule is C=C(C)c1cc(C#N)cc([N+](=O)[O-])c1O.C=C(C)c1cc(C#N)cc([N+](=O)[O-])c1OC. The van der Waals surface area contributed by atoms with Crippen LogP contribution in [0.2, 0.25) is 0 Å². The molecule has 2 aromatic rings. The van der Waals surface area contributed by atoms with Gasteiger partial charge in [0.25, 0.3) is 0 Å². The van der Waals surface area contributed by atoms with E-state index in [2.05, 4.69) is 13.2 Å². The Morgan fingerprint density at radius 2 is 1.35 bits per heavy atom. The molecular formula is C21H18N4O6. The Balaban J connectivity index is 0.000000311. The van der Waals surface area contributed by atoms with Crippen LogP contribution in [0.4, 0.5) is 11.4 Å². The van der Waals surface area contributed by atoms with Crippen molar-refractivity contribution >= 4 is 22.5 Å². The van der Waals surface area contributed by atoms with Gasteiger partial charge in [-0.3, -0.25) is 20.2 Å². The maximum absolute atomic E-state index is 10.8. The minimum atomic E-state index is -0.734. The zero-order valence-corrected chi connectivity index (χ0v) is 17.0. The zero-order valence-electron chi connectivity index (χ0n) is 17.0. The van der Waals surface area contributed by atoms with Crippen LogP contribution >= 0.6 is 0 Å². The Kier molecular flexibility index (Phi) is 8.00. The van der Waals surface area contributed by atoms with Gasteiger partial charge in [0.2, 0.25) is 11.5 Å². The summed E-state index contributed by atoms with van der Waals surface area (Å²) < 4.78 is 4.99. The number of ether oxygens (including phenoxy) is 1. The highest BCUT2D eigenvalue weighted by Crippen LogP contribution is 2.36. The molecule has 0 saturated carbocycles. The Labute approximate surface area is 177 Å². The molecule has 0 amide bonds. The normalized spacial score (nSPS) is 9.32. The number of hydrogen-bond acceptors (Lipinski definition) is 8. The van der Waals surface area contributed by atoms with Crippen LogP contribution in [0.25, 0.3) is 11.1 Å². The maximum Gasteiger partial charge on any atom is 0.312 e. The summed E-state index contributed by atoms with van der Waals surface area (Å²) in [6.07, 6.45) is 0. The minimum Gasteiger partial charge on any atom is -0.502 e. The second-order valence-electron chi connectivity index (χ2n) is 6.27. The molecule has 0 radical (unpaired) electrons. The van der Waals surface area contributed by atoms with E-state index in [0.29, 0.717) is 16.7 Å². The molecule has 0 aromatic heterocycles. The van der Waals surface area contributed by atoms with E-state index in [-0.39, 0.29) is 28.1 Å². The first-order valence-corrected chi connectivity index (χ1v) is 8.48. The highest BCUT2D eigenvalue weighted by atomic mass is 16.6. The first-order valence-electron chi connectivity index (χ1n) is 8.48. The van der Waals surface area contributed by atoms with Crippen LogP contribution in [-0.2, 0) is 0 Å². The number of nitro benzene ring substituents is 2. The fraction of sp³-hybridized carbons (Fsp3) is 0.143. The summed E-state index contributed by atoms with van der Waals surface area (Å²) in [6, 6.07) is 8.76. The Morgan fingerprint density at radius 1 is 0.935 bits per heavy atom. The molecule has 31 heavy (non-hydrogen) atoms. The quantitative estimate of drug-likeness (QED) is 0.534. The predicted molar refractivity (Wildman–Crippen MR) is 113 cm³/mol. The molecule has 10 heteroatoms. The fourth-order valence-corrected chi connectivity index (χ4v) is 2.49. The number of aromatic hydroxyl groups is 1. The second kappa shape index (κ2) is 10.2. The molecule has 0 spiro atoms. The van der Waals surface area contributed by atoms with Crippen LogP contribution in [0.15, 0.2) is 37.4 Å². The van der Waals surface area contributed by atoms with Crippen molar-refractivity contribution in [1.82, 2.24) is 0 Å². The van der Waals surface area contributed by atoms with Gasteiger partial charge in [0.15, 0.2) is 0 Å². The molecular weight excluding hydrogens is 404 g/mol.